The summed E-state index contributed by atoms with van der Waals surface area (Å²) in [5, 5.41) is 2.88. The molecule has 0 aliphatic rings. The molecule has 202 valence electrons. The third-order valence-electron chi connectivity index (χ3n) is 6.16. The van der Waals surface area contributed by atoms with Crippen LogP contribution in [-0.2, 0) is 26.2 Å². The van der Waals surface area contributed by atoms with Crippen LogP contribution in [0, 0.1) is 5.82 Å². The van der Waals surface area contributed by atoms with Crippen LogP contribution >= 0.6 is 15.9 Å². The average molecular weight is 605 g/mol. The lowest BCUT2D eigenvalue weighted by Gasteiger charge is -2.32. The van der Waals surface area contributed by atoms with Gasteiger partial charge in [0.05, 0.1) is 10.6 Å². The fourth-order valence-corrected chi connectivity index (χ4v) is 5.39. The minimum Gasteiger partial charge on any atom is -0.352 e. The van der Waals surface area contributed by atoms with Gasteiger partial charge in [-0.2, -0.15) is 0 Å². The Morgan fingerprint density at radius 3 is 2.13 bits per heavy atom. The van der Waals surface area contributed by atoms with Gasteiger partial charge in [-0.15, -0.1) is 0 Å². The molecular formula is C28H31BrFN3O4S. The van der Waals surface area contributed by atoms with Crippen LogP contribution in [0.2, 0.25) is 0 Å². The molecule has 0 radical (unpaired) electrons. The number of rotatable bonds is 11. The Hall–Kier alpha value is -3.24. The fourth-order valence-electron chi connectivity index (χ4n) is 3.69. The zero-order valence-electron chi connectivity index (χ0n) is 21.5. The molecule has 0 aromatic heterocycles. The first-order valence-electron chi connectivity index (χ1n) is 12.2. The van der Waals surface area contributed by atoms with Gasteiger partial charge in [-0.25, -0.2) is 12.8 Å². The molecule has 0 fully saturated rings. The van der Waals surface area contributed by atoms with Crippen molar-refractivity contribution in [2.24, 2.45) is 0 Å². The van der Waals surface area contributed by atoms with Crippen molar-refractivity contribution in [3.05, 3.63) is 94.7 Å². The van der Waals surface area contributed by atoms with Gasteiger partial charge >= 0.3 is 0 Å². The number of hydrogen-bond acceptors (Lipinski definition) is 4. The van der Waals surface area contributed by atoms with E-state index in [9.17, 15) is 22.4 Å². The minimum atomic E-state index is -4.12. The largest absolute Gasteiger partial charge is 0.352 e. The van der Waals surface area contributed by atoms with E-state index in [0.717, 1.165) is 8.78 Å². The van der Waals surface area contributed by atoms with E-state index in [1.165, 1.54) is 41.3 Å². The molecule has 0 saturated heterocycles. The highest BCUT2D eigenvalue weighted by Crippen LogP contribution is 2.26. The van der Waals surface area contributed by atoms with E-state index in [4.69, 9.17) is 0 Å². The summed E-state index contributed by atoms with van der Waals surface area (Å²) in [7, 11) is -4.12. The Morgan fingerprint density at radius 1 is 0.947 bits per heavy atom. The molecule has 0 saturated carbocycles. The molecule has 1 N–H and O–H groups in total. The Labute approximate surface area is 231 Å². The number of carbonyl (C=O) groups excluding carboxylic acids is 2. The molecular weight excluding hydrogens is 573 g/mol. The first-order chi connectivity index (χ1) is 18.0. The maximum Gasteiger partial charge on any atom is 0.264 e. The third kappa shape index (κ3) is 7.41. The van der Waals surface area contributed by atoms with E-state index in [-0.39, 0.29) is 23.4 Å². The van der Waals surface area contributed by atoms with E-state index in [1.54, 1.807) is 49.4 Å². The van der Waals surface area contributed by atoms with Crippen molar-refractivity contribution in [2.75, 3.05) is 10.8 Å². The number of sulfonamides is 1. The Bertz CT molecular complexity index is 1340. The van der Waals surface area contributed by atoms with Crippen molar-refractivity contribution in [2.45, 2.75) is 50.7 Å². The van der Waals surface area contributed by atoms with Crippen molar-refractivity contribution in [1.29, 1.82) is 0 Å². The van der Waals surface area contributed by atoms with Crippen molar-refractivity contribution >= 4 is 43.5 Å². The molecule has 7 nitrogen and oxygen atoms in total. The SMILES string of the molecule is CC[C@H](C)NC(=O)[C@H](C)N(Cc1ccc(F)cc1)C(=O)CN(c1ccc(Br)cc1)S(=O)(=O)c1ccccc1. The predicted octanol–water partition coefficient (Wildman–Crippen LogP) is 5.12. The number of anilines is 1. The Balaban J connectivity index is 2.00. The van der Waals surface area contributed by atoms with Crippen LogP contribution in [0.4, 0.5) is 10.1 Å². The summed E-state index contributed by atoms with van der Waals surface area (Å²) in [6.07, 6.45) is 0.705. The van der Waals surface area contributed by atoms with Gasteiger partial charge in [-0.05, 0) is 74.4 Å². The van der Waals surface area contributed by atoms with Crippen molar-refractivity contribution in [3.63, 3.8) is 0 Å². The van der Waals surface area contributed by atoms with Crippen LogP contribution in [-0.4, -0.2) is 43.8 Å². The molecule has 0 aliphatic carbocycles. The van der Waals surface area contributed by atoms with E-state index in [0.29, 0.717) is 17.7 Å². The third-order valence-corrected chi connectivity index (χ3v) is 8.48. The highest BCUT2D eigenvalue weighted by molar-refractivity contribution is 9.10. The molecule has 0 bridgehead atoms. The number of hydrogen-bond donors (Lipinski definition) is 1. The van der Waals surface area contributed by atoms with Crippen molar-refractivity contribution < 1.29 is 22.4 Å². The van der Waals surface area contributed by atoms with E-state index >= 15 is 0 Å². The Morgan fingerprint density at radius 2 is 1.55 bits per heavy atom. The highest BCUT2D eigenvalue weighted by Gasteiger charge is 2.32. The number of amides is 2. The summed E-state index contributed by atoms with van der Waals surface area (Å²) in [4.78, 5) is 28.2. The zero-order valence-corrected chi connectivity index (χ0v) is 23.9. The summed E-state index contributed by atoms with van der Waals surface area (Å²) in [6.45, 7) is 4.84. The number of nitrogens with one attached hydrogen (secondary N) is 1. The lowest BCUT2D eigenvalue weighted by molar-refractivity contribution is -0.139. The van der Waals surface area contributed by atoms with Gasteiger partial charge in [0.15, 0.2) is 0 Å². The van der Waals surface area contributed by atoms with Gasteiger partial charge in [0.2, 0.25) is 11.8 Å². The monoisotopic (exact) mass is 603 g/mol. The van der Waals surface area contributed by atoms with Crippen LogP contribution in [0.5, 0.6) is 0 Å². The van der Waals surface area contributed by atoms with Crippen LogP contribution in [0.15, 0.2) is 88.2 Å². The van der Waals surface area contributed by atoms with Crippen LogP contribution in [0.1, 0.15) is 32.8 Å². The van der Waals surface area contributed by atoms with Gasteiger partial charge in [0.25, 0.3) is 10.0 Å². The summed E-state index contributed by atoms with van der Waals surface area (Å²) < 4.78 is 42.7. The molecule has 2 atom stereocenters. The molecule has 3 aromatic carbocycles. The van der Waals surface area contributed by atoms with E-state index in [2.05, 4.69) is 21.2 Å². The second-order valence-corrected chi connectivity index (χ2v) is 11.7. The maximum atomic E-state index is 13.8. The maximum absolute atomic E-state index is 13.8. The molecule has 3 aromatic rings. The quantitative estimate of drug-likeness (QED) is 0.330. The van der Waals surface area contributed by atoms with E-state index in [1.807, 2.05) is 13.8 Å². The second-order valence-electron chi connectivity index (χ2n) is 8.94. The smallest absolute Gasteiger partial charge is 0.264 e. The van der Waals surface area contributed by atoms with Crippen LogP contribution in [0.25, 0.3) is 0 Å². The standard InChI is InChI=1S/C28H31BrFN3O4S/c1-4-20(2)31-28(35)21(3)32(18-22-10-14-24(30)15-11-22)27(34)19-33(25-16-12-23(29)13-17-25)38(36,37)26-8-6-5-7-9-26/h5-17,20-21H,4,18-19H2,1-3H3,(H,31,35)/t20-,21-/m0/s1. The first kappa shape index (κ1) is 29.3. The predicted molar refractivity (Wildman–Crippen MR) is 149 cm³/mol. The number of nitrogens with zero attached hydrogens (tertiary/aromatic N) is 2. The average Bonchev–Trinajstić information content (AvgIpc) is 2.91. The number of benzene rings is 3. The van der Waals surface area contributed by atoms with Gasteiger partial charge in [0.1, 0.15) is 18.4 Å². The normalized spacial score (nSPS) is 12.9. The van der Waals surface area contributed by atoms with Crippen LogP contribution < -0.4 is 9.62 Å². The van der Waals surface area contributed by atoms with Crippen molar-refractivity contribution in [3.8, 4) is 0 Å². The molecule has 0 spiro atoms. The van der Waals surface area contributed by atoms with E-state index < -0.39 is 34.3 Å². The minimum absolute atomic E-state index is 0.00618. The zero-order chi connectivity index (χ0) is 27.9. The lowest BCUT2D eigenvalue weighted by atomic mass is 10.1. The molecule has 10 heteroatoms. The van der Waals surface area contributed by atoms with Crippen molar-refractivity contribution in [1.82, 2.24) is 10.2 Å². The first-order valence-corrected chi connectivity index (χ1v) is 14.4. The van der Waals surface area contributed by atoms with Gasteiger partial charge in [-0.1, -0.05) is 53.2 Å². The fraction of sp³-hybridized carbons (Fsp3) is 0.286. The number of halogens is 2. The second kappa shape index (κ2) is 13.0. The molecule has 3 rings (SSSR count). The summed E-state index contributed by atoms with van der Waals surface area (Å²) in [5.74, 6) is -1.37. The molecule has 0 unspecified atom stereocenters. The van der Waals surface area contributed by atoms with Gasteiger partial charge in [-0.3, -0.25) is 13.9 Å². The van der Waals surface area contributed by atoms with Gasteiger partial charge < -0.3 is 10.2 Å². The molecule has 2 amide bonds. The Kier molecular flexibility index (Phi) is 10.0. The topological polar surface area (TPSA) is 86.8 Å². The molecule has 0 heterocycles. The number of carbonyl (C=O) groups is 2. The molecule has 0 aliphatic heterocycles. The van der Waals surface area contributed by atoms with Gasteiger partial charge in [0, 0.05) is 17.1 Å². The van der Waals surface area contributed by atoms with Crippen LogP contribution in [0.3, 0.4) is 0 Å². The highest BCUT2D eigenvalue weighted by atomic mass is 79.9. The molecule has 38 heavy (non-hydrogen) atoms. The lowest BCUT2D eigenvalue weighted by Crippen LogP contribution is -2.52. The summed E-state index contributed by atoms with van der Waals surface area (Å²) in [5.41, 5.74) is 0.896. The summed E-state index contributed by atoms with van der Waals surface area (Å²) >= 11 is 3.35. The summed E-state index contributed by atoms with van der Waals surface area (Å²) in [6, 6.07) is 19.0.